The summed E-state index contributed by atoms with van der Waals surface area (Å²) < 4.78 is 2.02. The summed E-state index contributed by atoms with van der Waals surface area (Å²) in [4.78, 5) is 19.4. The number of nitrogens with zero attached hydrogens (tertiary/aromatic N) is 3. The van der Waals surface area contributed by atoms with Crippen molar-refractivity contribution in [3.63, 3.8) is 0 Å². The van der Waals surface area contributed by atoms with E-state index in [1.54, 1.807) is 6.33 Å². The van der Waals surface area contributed by atoms with E-state index in [2.05, 4.69) is 23.7 Å². The molecule has 0 aromatic carbocycles. The van der Waals surface area contributed by atoms with Crippen molar-refractivity contribution < 1.29 is 4.79 Å². The minimum atomic E-state index is 0.146. The highest BCUT2D eigenvalue weighted by molar-refractivity contribution is 5.92. The van der Waals surface area contributed by atoms with Gasteiger partial charge >= 0.3 is 0 Å². The number of carbonyl (C=O) groups excluding carboxylic acids is 1. The summed E-state index contributed by atoms with van der Waals surface area (Å²) >= 11 is 0. The highest BCUT2D eigenvalue weighted by atomic mass is 16.2. The van der Waals surface area contributed by atoms with Crippen LogP contribution in [0.5, 0.6) is 0 Å². The fraction of sp³-hybridized carbons (Fsp3) is 0.765. The number of likely N-dealkylation sites (tertiary alicyclic amines) is 1. The van der Waals surface area contributed by atoms with Crippen LogP contribution >= 0.6 is 0 Å². The van der Waals surface area contributed by atoms with Crippen LogP contribution in [0.15, 0.2) is 12.5 Å². The number of amides is 1. The van der Waals surface area contributed by atoms with Gasteiger partial charge in [0, 0.05) is 24.8 Å². The quantitative estimate of drug-likeness (QED) is 0.833. The van der Waals surface area contributed by atoms with Gasteiger partial charge in [-0.25, -0.2) is 4.98 Å². The Bertz CT molecular complexity index is 494. The standard InChI is InChI=1S/C17H27N3O/c1-13(2)19-11-15(18-12-19)17(21)20-10-6-5-8-14-7-3-4-9-16(14)20/h11-14,16H,3-10H2,1-2H3/t14-,16+/m0/s1. The van der Waals surface area contributed by atoms with Crippen molar-refractivity contribution >= 4 is 5.91 Å². The molecule has 0 spiro atoms. The van der Waals surface area contributed by atoms with Crippen molar-refractivity contribution in [2.45, 2.75) is 70.9 Å². The fourth-order valence-corrected chi connectivity index (χ4v) is 3.92. The Morgan fingerprint density at radius 1 is 1.19 bits per heavy atom. The average Bonchev–Trinajstić information content (AvgIpc) is 2.88. The predicted molar refractivity (Wildman–Crippen MR) is 83.2 cm³/mol. The van der Waals surface area contributed by atoms with E-state index in [0.29, 0.717) is 17.8 Å². The molecule has 0 unspecified atom stereocenters. The second-order valence-electron chi connectivity index (χ2n) is 6.91. The maximum Gasteiger partial charge on any atom is 0.274 e. The maximum absolute atomic E-state index is 12.9. The smallest absolute Gasteiger partial charge is 0.274 e. The summed E-state index contributed by atoms with van der Waals surface area (Å²) in [5.41, 5.74) is 0.620. The average molecular weight is 289 g/mol. The molecule has 116 valence electrons. The van der Waals surface area contributed by atoms with Crippen LogP contribution in [0.3, 0.4) is 0 Å². The van der Waals surface area contributed by atoms with E-state index < -0.39 is 0 Å². The number of aromatic nitrogens is 2. The highest BCUT2D eigenvalue weighted by Crippen LogP contribution is 2.35. The normalized spacial score (nSPS) is 26.5. The molecule has 1 aromatic heterocycles. The van der Waals surface area contributed by atoms with Gasteiger partial charge in [0.25, 0.3) is 5.91 Å². The fourth-order valence-electron chi connectivity index (χ4n) is 3.92. The van der Waals surface area contributed by atoms with Crippen LogP contribution in [0.2, 0.25) is 0 Å². The van der Waals surface area contributed by atoms with Crippen LogP contribution in [0.4, 0.5) is 0 Å². The van der Waals surface area contributed by atoms with Gasteiger partial charge in [0.2, 0.25) is 0 Å². The molecule has 0 radical (unpaired) electrons. The van der Waals surface area contributed by atoms with Crippen molar-refractivity contribution in [3.8, 4) is 0 Å². The number of carbonyl (C=O) groups is 1. The van der Waals surface area contributed by atoms with E-state index >= 15 is 0 Å². The molecular formula is C17H27N3O. The van der Waals surface area contributed by atoms with E-state index in [9.17, 15) is 4.79 Å². The second kappa shape index (κ2) is 6.20. The Morgan fingerprint density at radius 3 is 2.62 bits per heavy atom. The second-order valence-corrected chi connectivity index (χ2v) is 6.91. The van der Waals surface area contributed by atoms with Crippen LogP contribution in [0, 0.1) is 5.92 Å². The third-order valence-corrected chi connectivity index (χ3v) is 5.17. The van der Waals surface area contributed by atoms with Crippen molar-refractivity contribution in [2.24, 2.45) is 5.92 Å². The first-order chi connectivity index (χ1) is 10.2. The zero-order valence-corrected chi connectivity index (χ0v) is 13.3. The van der Waals surface area contributed by atoms with Crippen LogP contribution < -0.4 is 0 Å². The van der Waals surface area contributed by atoms with E-state index in [4.69, 9.17) is 0 Å². The van der Waals surface area contributed by atoms with Crippen LogP contribution in [0.25, 0.3) is 0 Å². The van der Waals surface area contributed by atoms with Gasteiger partial charge in [-0.1, -0.05) is 19.3 Å². The molecule has 1 aromatic rings. The number of hydrogen-bond acceptors (Lipinski definition) is 2. The van der Waals surface area contributed by atoms with Gasteiger partial charge < -0.3 is 9.47 Å². The molecule has 1 aliphatic heterocycles. The van der Waals surface area contributed by atoms with Crippen molar-refractivity contribution in [1.82, 2.24) is 14.5 Å². The Kier molecular flexibility index (Phi) is 4.32. The largest absolute Gasteiger partial charge is 0.334 e. The molecule has 2 aliphatic rings. The highest BCUT2D eigenvalue weighted by Gasteiger charge is 2.35. The van der Waals surface area contributed by atoms with Crippen molar-refractivity contribution in [3.05, 3.63) is 18.2 Å². The molecule has 1 amide bonds. The third-order valence-electron chi connectivity index (χ3n) is 5.17. The zero-order chi connectivity index (χ0) is 14.8. The number of fused-ring (bicyclic) bond motifs is 1. The van der Waals surface area contributed by atoms with E-state index in [1.807, 2.05) is 10.8 Å². The number of imidazole rings is 1. The van der Waals surface area contributed by atoms with Gasteiger partial charge in [-0.05, 0) is 45.4 Å². The van der Waals surface area contributed by atoms with E-state index in [-0.39, 0.29) is 5.91 Å². The van der Waals surface area contributed by atoms with Gasteiger partial charge in [-0.2, -0.15) is 0 Å². The minimum absolute atomic E-state index is 0.146. The Morgan fingerprint density at radius 2 is 1.90 bits per heavy atom. The lowest BCUT2D eigenvalue weighted by Gasteiger charge is -2.38. The summed E-state index contributed by atoms with van der Waals surface area (Å²) in [6, 6.07) is 0.809. The number of rotatable bonds is 2. The van der Waals surface area contributed by atoms with Crippen molar-refractivity contribution in [1.29, 1.82) is 0 Å². The topological polar surface area (TPSA) is 38.1 Å². The Hall–Kier alpha value is -1.32. The molecule has 0 N–H and O–H groups in total. The van der Waals surface area contributed by atoms with Gasteiger partial charge in [-0.15, -0.1) is 0 Å². The summed E-state index contributed by atoms with van der Waals surface area (Å²) in [6.07, 6.45) is 12.5. The Labute approximate surface area is 127 Å². The molecule has 1 saturated carbocycles. The van der Waals surface area contributed by atoms with Gasteiger partial charge in [0.1, 0.15) is 5.69 Å². The molecule has 2 heterocycles. The molecule has 3 rings (SSSR count). The molecule has 1 saturated heterocycles. The first-order valence-electron chi connectivity index (χ1n) is 8.51. The maximum atomic E-state index is 12.9. The van der Waals surface area contributed by atoms with Gasteiger partial charge in [-0.3, -0.25) is 4.79 Å². The summed E-state index contributed by atoms with van der Waals surface area (Å²) in [7, 11) is 0. The van der Waals surface area contributed by atoms with Crippen LogP contribution in [0.1, 0.15) is 75.3 Å². The molecular weight excluding hydrogens is 262 g/mol. The van der Waals surface area contributed by atoms with E-state index in [0.717, 1.165) is 18.9 Å². The molecule has 0 bridgehead atoms. The van der Waals surface area contributed by atoms with Crippen LogP contribution in [-0.2, 0) is 0 Å². The zero-order valence-electron chi connectivity index (χ0n) is 13.3. The van der Waals surface area contributed by atoms with E-state index in [1.165, 1.54) is 38.5 Å². The predicted octanol–water partition coefficient (Wildman–Crippen LogP) is 3.65. The molecule has 1 aliphatic carbocycles. The summed E-state index contributed by atoms with van der Waals surface area (Å²) in [5, 5.41) is 0. The van der Waals surface area contributed by atoms with Gasteiger partial charge in [0.05, 0.1) is 6.33 Å². The molecule has 21 heavy (non-hydrogen) atoms. The van der Waals surface area contributed by atoms with Gasteiger partial charge in [0.15, 0.2) is 0 Å². The van der Waals surface area contributed by atoms with Crippen LogP contribution in [-0.4, -0.2) is 32.9 Å². The molecule has 4 heteroatoms. The molecule has 2 atom stereocenters. The minimum Gasteiger partial charge on any atom is -0.334 e. The first kappa shape index (κ1) is 14.6. The van der Waals surface area contributed by atoms with Crippen molar-refractivity contribution in [2.75, 3.05) is 6.54 Å². The SMILES string of the molecule is CC(C)n1cnc(C(=O)N2CCCC[C@@H]3CCCC[C@H]32)c1. The third kappa shape index (κ3) is 2.99. The molecule has 4 nitrogen and oxygen atoms in total. The summed E-state index contributed by atoms with van der Waals surface area (Å²) in [6.45, 7) is 5.13. The lowest BCUT2D eigenvalue weighted by molar-refractivity contribution is 0.0563. The summed E-state index contributed by atoms with van der Waals surface area (Å²) in [5.74, 6) is 0.866. The monoisotopic (exact) mass is 289 g/mol. The lowest BCUT2D eigenvalue weighted by Crippen LogP contribution is -2.45. The lowest BCUT2D eigenvalue weighted by atomic mass is 9.81. The molecule has 2 fully saturated rings. The number of hydrogen-bond donors (Lipinski definition) is 0. The first-order valence-corrected chi connectivity index (χ1v) is 8.51. The Balaban J connectivity index is 1.80.